The normalized spacial score (nSPS) is 16.1. The number of hydrogen-bond donors (Lipinski definition) is 2. The standard InChI is InChI=1S/C24H19N3O2/c28-23(27-22-11-12-25-24(22)29)20-9-4-7-18-17(6-3-8-19(18)20)16-13-15-5-1-2-10-21(15)26-14-16/h1-10,13-14,22H,11-12H2,(H,25,29)(H,27,28). The second-order valence-electron chi connectivity index (χ2n) is 7.23. The van der Waals surface area contributed by atoms with E-state index in [1.54, 1.807) is 6.07 Å². The molecule has 1 saturated heterocycles. The summed E-state index contributed by atoms with van der Waals surface area (Å²) >= 11 is 0. The summed E-state index contributed by atoms with van der Waals surface area (Å²) in [6.07, 6.45) is 2.48. The van der Waals surface area contributed by atoms with Gasteiger partial charge in [-0.1, -0.05) is 48.5 Å². The molecule has 3 aromatic carbocycles. The molecule has 1 aliphatic heterocycles. The Morgan fingerprint density at radius 2 is 1.83 bits per heavy atom. The Hall–Kier alpha value is -3.73. The average molecular weight is 381 g/mol. The first-order valence-corrected chi connectivity index (χ1v) is 9.66. The topological polar surface area (TPSA) is 71.1 Å². The molecule has 0 spiro atoms. The minimum atomic E-state index is -0.467. The fraction of sp³-hybridized carbons (Fsp3) is 0.125. The van der Waals surface area contributed by atoms with Crippen LogP contribution in [0.15, 0.2) is 72.9 Å². The molecule has 2 amide bonds. The molecular formula is C24H19N3O2. The SMILES string of the molecule is O=C(NC1CCNC1=O)c1cccc2c(-c3cnc4ccccc4c3)cccc12. The Balaban J connectivity index is 1.58. The molecule has 2 N–H and O–H groups in total. The molecule has 0 aliphatic carbocycles. The van der Waals surface area contributed by atoms with E-state index in [0.29, 0.717) is 18.5 Å². The molecule has 1 unspecified atom stereocenters. The lowest BCUT2D eigenvalue weighted by molar-refractivity contribution is -0.120. The van der Waals surface area contributed by atoms with Gasteiger partial charge in [-0.2, -0.15) is 0 Å². The van der Waals surface area contributed by atoms with Crippen molar-refractivity contribution in [3.05, 3.63) is 78.5 Å². The minimum absolute atomic E-state index is 0.124. The van der Waals surface area contributed by atoms with E-state index in [0.717, 1.165) is 32.8 Å². The molecule has 2 heterocycles. The fourth-order valence-corrected chi connectivity index (χ4v) is 3.95. The number of aromatic nitrogens is 1. The van der Waals surface area contributed by atoms with Crippen molar-refractivity contribution in [2.24, 2.45) is 0 Å². The summed E-state index contributed by atoms with van der Waals surface area (Å²) in [5, 5.41) is 8.51. The molecule has 1 fully saturated rings. The molecule has 4 aromatic rings. The Morgan fingerprint density at radius 3 is 2.69 bits per heavy atom. The average Bonchev–Trinajstić information content (AvgIpc) is 3.16. The molecule has 0 saturated carbocycles. The van der Waals surface area contributed by atoms with E-state index in [2.05, 4.69) is 21.7 Å². The molecule has 1 aliphatic rings. The largest absolute Gasteiger partial charge is 0.354 e. The van der Waals surface area contributed by atoms with E-state index in [4.69, 9.17) is 0 Å². The summed E-state index contributed by atoms with van der Waals surface area (Å²) < 4.78 is 0. The number of carbonyl (C=O) groups is 2. The number of rotatable bonds is 3. The van der Waals surface area contributed by atoms with Crippen LogP contribution in [0.2, 0.25) is 0 Å². The van der Waals surface area contributed by atoms with Crippen LogP contribution in [0.25, 0.3) is 32.8 Å². The molecule has 5 nitrogen and oxygen atoms in total. The Kier molecular flexibility index (Phi) is 4.21. The van der Waals surface area contributed by atoms with Crippen molar-refractivity contribution in [2.75, 3.05) is 6.54 Å². The predicted molar refractivity (Wildman–Crippen MR) is 114 cm³/mol. The number of pyridine rings is 1. The smallest absolute Gasteiger partial charge is 0.252 e. The highest BCUT2D eigenvalue weighted by Gasteiger charge is 2.26. The van der Waals surface area contributed by atoms with Crippen LogP contribution in [0.1, 0.15) is 16.8 Å². The maximum absolute atomic E-state index is 12.9. The van der Waals surface area contributed by atoms with Gasteiger partial charge in [-0.25, -0.2) is 0 Å². The Morgan fingerprint density at radius 1 is 1.00 bits per heavy atom. The highest BCUT2D eigenvalue weighted by atomic mass is 16.2. The van der Waals surface area contributed by atoms with Crippen molar-refractivity contribution in [1.82, 2.24) is 15.6 Å². The highest BCUT2D eigenvalue weighted by molar-refractivity contribution is 6.11. The molecule has 5 rings (SSSR count). The van der Waals surface area contributed by atoms with E-state index < -0.39 is 6.04 Å². The van der Waals surface area contributed by atoms with Crippen molar-refractivity contribution in [3.8, 4) is 11.1 Å². The first-order chi connectivity index (χ1) is 14.2. The Bertz CT molecular complexity index is 1270. The van der Waals surface area contributed by atoms with Gasteiger partial charge < -0.3 is 10.6 Å². The van der Waals surface area contributed by atoms with E-state index in [9.17, 15) is 9.59 Å². The maximum Gasteiger partial charge on any atom is 0.252 e. The van der Waals surface area contributed by atoms with Gasteiger partial charge in [0.2, 0.25) is 5.91 Å². The van der Waals surface area contributed by atoms with Crippen LogP contribution in [0.4, 0.5) is 0 Å². The second kappa shape index (κ2) is 7.02. The van der Waals surface area contributed by atoms with Gasteiger partial charge in [0, 0.05) is 29.3 Å². The van der Waals surface area contributed by atoms with Crippen molar-refractivity contribution in [3.63, 3.8) is 0 Å². The van der Waals surface area contributed by atoms with Gasteiger partial charge in [0.1, 0.15) is 6.04 Å². The molecule has 142 valence electrons. The van der Waals surface area contributed by atoms with Crippen LogP contribution in [-0.4, -0.2) is 29.4 Å². The number of benzene rings is 3. The lowest BCUT2D eigenvalue weighted by atomic mass is 9.95. The number of fused-ring (bicyclic) bond motifs is 2. The molecular weight excluding hydrogens is 362 g/mol. The van der Waals surface area contributed by atoms with Gasteiger partial charge in [0.05, 0.1) is 5.52 Å². The molecule has 0 radical (unpaired) electrons. The molecule has 29 heavy (non-hydrogen) atoms. The van der Waals surface area contributed by atoms with E-state index in [-0.39, 0.29) is 11.8 Å². The van der Waals surface area contributed by atoms with Gasteiger partial charge in [-0.3, -0.25) is 14.6 Å². The minimum Gasteiger partial charge on any atom is -0.354 e. The summed E-state index contributed by atoms with van der Waals surface area (Å²) in [6, 6.07) is 21.3. The van der Waals surface area contributed by atoms with E-state index in [1.807, 2.05) is 60.8 Å². The van der Waals surface area contributed by atoms with Crippen LogP contribution in [0.5, 0.6) is 0 Å². The van der Waals surface area contributed by atoms with Crippen LogP contribution in [0, 0.1) is 0 Å². The monoisotopic (exact) mass is 381 g/mol. The van der Waals surface area contributed by atoms with Gasteiger partial charge >= 0.3 is 0 Å². The quantitative estimate of drug-likeness (QED) is 0.569. The maximum atomic E-state index is 12.9. The first kappa shape index (κ1) is 17.4. The zero-order chi connectivity index (χ0) is 19.8. The van der Waals surface area contributed by atoms with Crippen molar-refractivity contribution in [1.29, 1.82) is 0 Å². The zero-order valence-electron chi connectivity index (χ0n) is 15.7. The number of hydrogen-bond acceptors (Lipinski definition) is 3. The number of amides is 2. The zero-order valence-corrected chi connectivity index (χ0v) is 15.7. The van der Waals surface area contributed by atoms with Gasteiger partial charge in [-0.15, -0.1) is 0 Å². The van der Waals surface area contributed by atoms with E-state index in [1.165, 1.54) is 0 Å². The summed E-state index contributed by atoms with van der Waals surface area (Å²) in [7, 11) is 0. The van der Waals surface area contributed by atoms with Crippen molar-refractivity contribution < 1.29 is 9.59 Å². The number of carbonyl (C=O) groups excluding carboxylic acids is 2. The van der Waals surface area contributed by atoms with Crippen LogP contribution >= 0.6 is 0 Å². The third-order valence-corrected chi connectivity index (χ3v) is 5.42. The first-order valence-electron chi connectivity index (χ1n) is 9.66. The number of para-hydroxylation sites is 1. The lowest BCUT2D eigenvalue weighted by Crippen LogP contribution is -2.40. The number of nitrogens with one attached hydrogen (secondary N) is 2. The fourth-order valence-electron chi connectivity index (χ4n) is 3.95. The highest BCUT2D eigenvalue weighted by Crippen LogP contribution is 2.31. The summed E-state index contributed by atoms with van der Waals surface area (Å²) in [4.78, 5) is 29.3. The van der Waals surface area contributed by atoms with Crippen molar-refractivity contribution in [2.45, 2.75) is 12.5 Å². The van der Waals surface area contributed by atoms with Gasteiger partial charge in [0.15, 0.2) is 0 Å². The van der Waals surface area contributed by atoms with Crippen LogP contribution in [0.3, 0.4) is 0 Å². The van der Waals surface area contributed by atoms with Crippen LogP contribution < -0.4 is 10.6 Å². The van der Waals surface area contributed by atoms with Crippen molar-refractivity contribution >= 4 is 33.5 Å². The third kappa shape index (κ3) is 3.10. The lowest BCUT2D eigenvalue weighted by Gasteiger charge is -2.13. The second-order valence-corrected chi connectivity index (χ2v) is 7.23. The molecule has 5 heteroatoms. The molecule has 1 aromatic heterocycles. The molecule has 1 atom stereocenters. The van der Waals surface area contributed by atoms with Crippen LogP contribution in [-0.2, 0) is 4.79 Å². The summed E-state index contributed by atoms with van der Waals surface area (Å²) in [5.41, 5.74) is 3.54. The summed E-state index contributed by atoms with van der Waals surface area (Å²) in [5.74, 6) is -0.354. The number of nitrogens with zero attached hydrogens (tertiary/aromatic N) is 1. The molecule has 0 bridgehead atoms. The van der Waals surface area contributed by atoms with Gasteiger partial charge in [-0.05, 0) is 41.0 Å². The van der Waals surface area contributed by atoms with Gasteiger partial charge in [0.25, 0.3) is 5.91 Å². The summed E-state index contributed by atoms with van der Waals surface area (Å²) in [6.45, 7) is 0.596. The third-order valence-electron chi connectivity index (χ3n) is 5.42. The predicted octanol–water partition coefficient (Wildman–Crippen LogP) is 3.67. The Labute approximate surface area is 167 Å². The van der Waals surface area contributed by atoms with E-state index >= 15 is 0 Å².